The van der Waals surface area contributed by atoms with Crippen LogP contribution in [0.1, 0.15) is 36.5 Å². The monoisotopic (exact) mass is 313 g/mol. The van der Waals surface area contributed by atoms with Crippen molar-refractivity contribution in [2.45, 2.75) is 31.9 Å². The van der Waals surface area contributed by atoms with Gasteiger partial charge in [0.15, 0.2) is 0 Å². The zero-order chi connectivity index (χ0) is 16.1. The number of rotatable bonds is 5. The van der Waals surface area contributed by atoms with E-state index in [0.717, 1.165) is 38.0 Å². The minimum absolute atomic E-state index is 0.257. The molecule has 1 heterocycles. The Morgan fingerprint density at radius 3 is 2.57 bits per heavy atom. The summed E-state index contributed by atoms with van der Waals surface area (Å²) in [5.74, 6) is 0.236. The normalized spacial score (nSPS) is 20.3. The molecule has 2 nitrogen and oxygen atoms in total. The lowest BCUT2D eigenvalue weighted by Gasteiger charge is -2.33. The van der Waals surface area contributed by atoms with Crippen LogP contribution < -0.4 is 0 Å². The van der Waals surface area contributed by atoms with E-state index >= 15 is 0 Å². The first-order valence-corrected chi connectivity index (χ1v) is 8.40. The molecule has 0 aromatic heterocycles. The van der Waals surface area contributed by atoms with Gasteiger partial charge >= 0.3 is 0 Å². The van der Waals surface area contributed by atoms with E-state index in [9.17, 15) is 9.50 Å². The molecule has 122 valence electrons. The van der Waals surface area contributed by atoms with E-state index in [2.05, 4.69) is 29.2 Å². The first-order valence-electron chi connectivity index (χ1n) is 8.40. The van der Waals surface area contributed by atoms with Gasteiger partial charge < -0.3 is 5.11 Å². The lowest BCUT2D eigenvalue weighted by atomic mass is 9.90. The fourth-order valence-electron chi connectivity index (χ4n) is 3.47. The van der Waals surface area contributed by atoms with Gasteiger partial charge in [-0.2, -0.15) is 0 Å². The fraction of sp³-hybridized carbons (Fsp3) is 0.400. The van der Waals surface area contributed by atoms with Crippen LogP contribution in [-0.2, 0) is 6.54 Å². The Morgan fingerprint density at radius 2 is 1.83 bits per heavy atom. The summed E-state index contributed by atoms with van der Waals surface area (Å²) >= 11 is 0. The lowest BCUT2D eigenvalue weighted by molar-refractivity contribution is 0.0977. The molecular weight excluding hydrogens is 289 g/mol. The number of piperidine rings is 1. The molecule has 2 unspecified atom stereocenters. The smallest absolute Gasteiger partial charge is 0.123 e. The van der Waals surface area contributed by atoms with Gasteiger partial charge in [-0.05, 0) is 55.0 Å². The van der Waals surface area contributed by atoms with Gasteiger partial charge in [-0.1, -0.05) is 42.5 Å². The highest BCUT2D eigenvalue weighted by Gasteiger charge is 2.23. The molecule has 2 aromatic rings. The van der Waals surface area contributed by atoms with E-state index in [1.807, 2.05) is 6.07 Å². The predicted octanol–water partition coefficient (Wildman–Crippen LogP) is 4.16. The first-order chi connectivity index (χ1) is 11.2. The van der Waals surface area contributed by atoms with Crippen molar-refractivity contribution in [1.82, 2.24) is 4.90 Å². The van der Waals surface area contributed by atoms with Crippen LogP contribution in [0.15, 0.2) is 54.6 Å². The molecule has 0 spiro atoms. The SMILES string of the molecule is OC(CC1CCCN(Cc2ccccc2)C1)c1ccc(F)cc1. The number of likely N-dealkylation sites (tertiary alicyclic amines) is 1. The molecule has 23 heavy (non-hydrogen) atoms. The maximum Gasteiger partial charge on any atom is 0.123 e. The zero-order valence-electron chi connectivity index (χ0n) is 13.4. The van der Waals surface area contributed by atoms with Crippen molar-refractivity contribution in [2.24, 2.45) is 5.92 Å². The number of aliphatic hydroxyl groups excluding tert-OH is 1. The number of hydrogen-bond acceptors (Lipinski definition) is 2. The van der Waals surface area contributed by atoms with Crippen LogP contribution in [0.25, 0.3) is 0 Å². The molecule has 0 radical (unpaired) electrons. The highest BCUT2D eigenvalue weighted by molar-refractivity contribution is 5.18. The van der Waals surface area contributed by atoms with E-state index in [1.165, 1.54) is 24.1 Å². The van der Waals surface area contributed by atoms with Crippen molar-refractivity contribution >= 4 is 0 Å². The summed E-state index contributed by atoms with van der Waals surface area (Å²) in [4.78, 5) is 2.47. The molecule has 0 aliphatic carbocycles. The Bertz CT molecular complexity index is 599. The number of aliphatic hydroxyl groups is 1. The largest absolute Gasteiger partial charge is 0.388 e. The second-order valence-corrected chi connectivity index (χ2v) is 6.53. The third-order valence-electron chi connectivity index (χ3n) is 4.66. The van der Waals surface area contributed by atoms with Gasteiger partial charge in [0.1, 0.15) is 5.82 Å². The summed E-state index contributed by atoms with van der Waals surface area (Å²) in [5.41, 5.74) is 2.15. The van der Waals surface area contributed by atoms with Gasteiger partial charge in [-0.15, -0.1) is 0 Å². The highest BCUT2D eigenvalue weighted by atomic mass is 19.1. The molecule has 1 saturated heterocycles. The van der Waals surface area contributed by atoms with E-state index in [4.69, 9.17) is 0 Å². The Hall–Kier alpha value is -1.71. The lowest BCUT2D eigenvalue weighted by Crippen LogP contribution is -2.35. The van der Waals surface area contributed by atoms with E-state index in [1.54, 1.807) is 12.1 Å². The molecule has 1 N–H and O–H groups in total. The van der Waals surface area contributed by atoms with Crippen LogP contribution in [0.5, 0.6) is 0 Å². The van der Waals surface area contributed by atoms with Gasteiger partial charge in [-0.25, -0.2) is 4.39 Å². The van der Waals surface area contributed by atoms with Crippen molar-refractivity contribution in [2.75, 3.05) is 13.1 Å². The maximum absolute atomic E-state index is 13.0. The molecule has 0 bridgehead atoms. The van der Waals surface area contributed by atoms with Gasteiger partial charge in [0.25, 0.3) is 0 Å². The molecular formula is C20H24FNO. The molecule has 2 aromatic carbocycles. The summed E-state index contributed by atoms with van der Waals surface area (Å²) in [6, 6.07) is 16.7. The Labute approximate surface area is 137 Å². The quantitative estimate of drug-likeness (QED) is 0.896. The third-order valence-corrected chi connectivity index (χ3v) is 4.66. The molecule has 0 amide bonds. The second kappa shape index (κ2) is 7.71. The van der Waals surface area contributed by atoms with E-state index in [0.29, 0.717) is 5.92 Å². The van der Waals surface area contributed by atoms with Crippen molar-refractivity contribution in [1.29, 1.82) is 0 Å². The zero-order valence-corrected chi connectivity index (χ0v) is 13.4. The van der Waals surface area contributed by atoms with Gasteiger partial charge in [0.2, 0.25) is 0 Å². The Balaban J connectivity index is 1.55. The fourth-order valence-corrected chi connectivity index (χ4v) is 3.47. The van der Waals surface area contributed by atoms with Crippen LogP contribution in [0, 0.1) is 11.7 Å². The van der Waals surface area contributed by atoms with Gasteiger partial charge in [0.05, 0.1) is 6.10 Å². The van der Waals surface area contributed by atoms with Crippen LogP contribution in [0.2, 0.25) is 0 Å². The van der Waals surface area contributed by atoms with Crippen LogP contribution in [0.4, 0.5) is 4.39 Å². The average Bonchev–Trinajstić information content (AvgIpc) is 2.57. The van der Waals surface area contributed by atoms with Crippen LogP contribution >= 0.6 is 0 Å². The molecule has 1 aliphatic rings. The van der Waals surface area contributed by atoms with Gasteiger partial charge in [-0.3, -0.25) is 4.90 Å². The molecule has 3 heteroatoms. The highest BCUT2D eigenvalue weighted by Crippen LogP contribution is 2.28. The number of benzene rings is 2. The van der Waals surface area contributed by atoms with Crippen molar-refractivity contribution in [3.63, 3.8) is 0 Å². The summed E-state index contributed by atoms with van der Waals surface area (Å²) < 4.78 is 13.0. The number of nitrogens with zero attached hydrogens (tertiary/aromatic N) is 1. The van der Waals surface area contributed by atoms with Gasteiger partial charge in [0, 0.05) is 13.1 Å². The van der Waals surface area contributed by atoms with Crippen molar-refractivity contribution < 1.29 is 9.50 Å². The van der Waals surface area contributed by atoms with Crippen molar-refractivity contribution in [3.05, 3.63) is 71.5 Å². The molecule has 1 fully saturated rings. The minimum Gasteiger partial charge on any atom is -0.388 e. The Morgan fingerprint density at radius 1 is 1.09 bits per heavy atom. The number of hydrogen-bond donors (Lipinski definition) is 1. The second-order valence-electron chi connectivity index (χ2n) is 6.53. The Kier molecular flexibility index (Phi) is 5.42. The molecule has 0 saturated carbocycles. The molecule has 3 rings (SSSR count). The topological polar surface area (TPSA) is 23.5 Å². The molecule has 2 atom stereocenters. The van der Waals surface area contributed by atoms with Crippen molar-refractivity contribution in [3.8, 4) is 0 Å². The summed E-state index contributed by atoms with van der Waals surface area (Å²) in [6.45, 7) is 3.12. The summed E-state index contributed by atoms with van der Waals surface area (Å²) in [5, 5.41) is 10.4. The van der Waals surface area contributed by atoms with E-state index in [-0.39, 0.29) is 5.82 Å². The van der Waals surface area contributed by atoms with Crippen LogP contribution in [-0.4, -0.2) is 23.1 Å². The summed E-state index contributed by atoms with van der Waals surface area (Å²) in [6.07, 6.45) is 2.57. The van der Waals surface area contributed by atoms with E-state index < -0.39 is 6.10 Å². The maximum atomic E-state index is 13.0. The predicted molar refractivity (Wildman–Crippen MR) is 90.4 cm³/mol. The number of halogens is 1. The molecule has 1 aliphatic heterocycles. The minimum atomic E-state index is -0.503. The summed E-state index contributed by atoms with van der Waals surface area (Å²) in [7, 11) is 0. The van der Waals surface area contributed by atoms with Crippen LogP contribution in [0.3, 0.4) is 0 Å². The third kappa shape index (κ3) is 4.63. The first kappa shape index (κ1) is 16.2. The standard InChI is InChI=1S/C20H24FNO/c21-19-10-8-18(9-11-19)20(23)13-17-7-4-12-22(15-17)14-16-5-2-1-3-6-16/h1-3,5-6,8-11,17,20,23H,4,7,12-15H2. The average molecular weight is 313 g/mol.